The number of aromatic nitrogens is 5. The number of fused-ring (bicyclic) bond motifs is 2. The molecule has 0 unspecified atom stereocenters. The first kappa shape index (κ1) is 54.5. The number of carbonyl (C=O) groups excluding carboxylic acids is 1. The number of carbonyl (C=O) groups is 2. The average molecular weight is 864 g/mol. The van der Waals surface area contributed by atoms with E-state index in [9.17, 15) is 9.59 Å². The fourth-order valence-corrected chi connectivity index (χ4v) is 5.51. The highest BCUT2D eigenvalue weighted by Gasteiger charge is 2.06. The van der Waals surface area contributed by atoms with Gasteiger partial charge in [0.25, 0.3) is 0 Å². The molecule has 8 N–H and O–H groups in total. The highest BCUT2D eigenvalue weighted by Crippen LogP contribution is 2.08. The average Bonchev–Trinajstić information content (AvgIpc) is 3.34. The lowest BCUT2D eigenvalue weighted by molar-refractivity contribution is -0.894. The number of methoxy groups -OCH3 is 1. The standard InChI is InChI=1S/2C9H7N.C7H7NO2.C6H5NO2.C6H13N.C6H15N.C5H5N.C3H9N/c1-2-6-9-8(4-1)5-3-7-10-9;1-2-4-9-7-10-6-5-8(9)3-1;1-10-7(9)6-3-2-4-8-5-6;8-6(9)5-2-1-3-7-4-5;1-7-5-3-2-4-6-7;1-4-7(5-2)6-3;1-2-4-6-5-3-1;1-4(2)3/h2*1-7H;2-5H,1H3;1-4H,(H,8,9);2-6H2,1H3;4-6H2,1-3H3;1-5H;1-3H3/p+7. The highest BCUT2D eigenvalue weighted by molar-refractivity contribution is 5.88. The summed E-state index contributed by atoms with van der Waals surface area (Å²) < 4.78 is 4.48. The van der Waals surface area contributed by atoms with Crippen LogP contribution in [-0.4, -0.2) is 90.1 Å². The van der Waals surface area contributed by atoms with Gasteiger partial charge in [0.2, 0.25) is 5.52 Å². The Kier molecular flexibility index (Phi) is 31.4. The minimum atomic E-state index is -0.942. The van der Waals surface area contributed by atoms with Crippen LogP contribution in [0.15, 0.2) is 165 Å². The first-order valence-electron chi connectivity index (χ1n) is 21.8. The molecule has 12 nitrogen and oxygen atoms in total. The molecule has 0 saturated carbocycles. The molecule has 0 radical (unpaired) electrons. The Labute approximate surface area is 375 Å². The first-order chi connectivity index (χ1) is 30.6. The molecule has 63 heavy (non-hydrogen) atoms. The molecule has 6 heterocycles. The molecule has 1 fully saturated rings. The molecule has 5 aromatic heterocycles. The van der Waals surface area contributed by atoms with Crippen LogP contribution in [0.2, 0.25) is 0 Å². The number of hydrogen-bond acceptors (Lipinski definition) is 4. The maximum atomic E-state index is 10.8. The van der Waals surface area contributed by atoms with E-state index in [4.69, 9.17) is 5.11 Å². The van der Waals surface area contributed by atoms with E-state index in [1.807, 2.05) is 79.5 Å². The van der Waals surface area contributed by atoms with Crippen LogP contribution in [0.25, 0.3) is 21.7 Å². The Morgan fingerprint density at radius 1 is 0.635 bits per heavy atom. The van der Waals surface area contributed by atoms with Crippen molar-refractivity contribution in [3.63, 3.8) is 0 Å². The molecule has 1 aliphatic rings. The Morgan fingerprint density at radius 2 is 1.19 bits per heavy atom. The summed E-state index contributed by atoms with van der Waals surface area (Å²) in [5.41, 5.74) is 1.94. The van der Waals surface area contributed by atoms with Gasteiger partial charge in [-0.05, 0) is 81.8 Å². The summed E-state index contributed by atoms with van der Waals surface area (Å²) in [5, 5.41) is 12.1. The molecule has 2 aromatic carbocycles. The van der Waals surface area contributed by atoms with Gasteiger partial charge < -0.3 is 24.5 Å². The number of carboxylic acids is 1. The smallest absolute Gasteiger partial charge is 0.343 e. The molecular formula is C51H75N8O4+7. The molecule has 0 bridgehead atoms. The number of para-hydroxylation sites is 1. The number of piperidine rings is 1. The van der Waals surface area contributed by atoms with E-state index in [1.165, 1.54) is 104 Å². The number of quaternary nitrogens is 3. The van der Waals surface area contributed by atoms with Gasteiger partial charge in [-0.25, -0.2) is 29.5 Å². The fourth-order valence-electron chi connectivity index (χ4n) is 5.51. The van der Waals surface area contributed by atoms with Crippen molar-refractivity contribution in [1.29, 1.82) is 0 Å². The van der Waals surface area contributed by atoms with Gasteiger partial charge in [-0.2, -0.15) is 0 Å². The minimum absolute atomic E-state index is 0.220. The van der Waals surface area contributed by atoms with Crippen LogP contribution in [-0.2, 0) is 4.74 Å². The van der Waals surface area contributed by atoms with E-state index in [1.54, 1.807) is 40.4 Å². The number of benzene rings is 2. The predicted octanol–water partition coefficient (Wildman–Crippen LogP) is 3.25. The third-order valence-electron chi connectivity index (χ3n) is 9.02. The van der Waals surface area contributed by atoms with E-state index < -0.39 is 5.97 Å². The van der Waals surface area contributed by atoms with Crippen molar-refractivity contribution >= 4 is 33.6 Å². The third-order valence-corrected chi connectivity index (χ3v) is 9.02. The van der Waals surface area contributed by atoms with Crippen LogP contribution in [0, 0.1) is 0 Å². The van der Waals surface area contributed by atoms with E-state index in [0.717, 1.165) is 0 Å². The minimum Gasteiger partial charge on any atom is -0.478 e. The van der Waals surface area contributed by atoms with Gasteiger partial charge in [0.1, 0.15) is 5.56 Å². The molecule has 0 atom stereocenters. The normalized spacial score (nSPS) is 11.1. The summed E-state index contributed by atoms with van der Waals surface area (Å²) in [6, 6.07) is 35.0. The second-order valence-electron chi connectivity index (χ2n) is 14.8. The number of likely N-dealkylation sites (tertiary alicyclic amines) is 1. The summed E-state index contributed by atoms with van der Waals surface area (Å²) in [6.45, 7) is 13.3. The van der Waals surface area contributed by atoms with E-state index >= 15 is 0 Å². The van der Waals surface area contributed by atoms with Crippen molar-refractivity contribution in [3.8, 4) is 0 Å². The lowest BCUT2D eigenvalue weighted by Gasteiger charge is -2.17. The molecule has 1 aliphatic heterocycles. The number of aromatic amines is 4. The van der Waals surface area contributed by atoms with Crippen LogP contribution >= 0.6 is 0 Å². The largest absolute Gasteiger partial charge is 0.478 e. The van der Waals surface area contributed by atoms with Crippen molar-refractivity contribution in [2.45, 2.75) is 40.0 Å². The van der Waals surface area contributed by atoms with Crippen LogP contribution in [0.5, 0.6) is 0 Å². The van der Waals surface area contributed by atoms with Crippen molar-refractivity contribution in [1.82, 2.24) is 4.98 Å². The van der Waals surface area contributed by atoms with E-state index in [0.29, 0.717) is 5.56 Å². The van der Waals surface area contributed by atoms with Crippen LogP contribution in [0.3, 0.4) is 0 Å². The van der Waals surface area contributed by atoms with Gasteiger partial charge >= 0.3 is 11.9 Å². The lowest BCUT2D eigenvalue weighted by atomic mass is 10.1. The Morgan fingerprint density at radius 3 is 1.62 bits per heavy atom. The predicted molar refractivity (Wildman–Crippen MR) is 251 cm³/mol. The van der Waals surface area contributed by atoms with Gasteiger partial charge in [0.15, 0.2) is 43.4 Å². The number of nitrogens with zero attached hydrogens (tertiary/aromatic N) is 1. The number of rotatable bonds is 5. The number of H-pyrrole nitrogens is 4. The summed E-state index contributed by atoms with van der Waals surface area (Å²) in [5.74, 6) is -1.26. The van der Waals surface area contributed by atoms with Crippen LogP contribution in [0.1, 0.15) is 60.7 Å². The van der Waals surface area contributed by atoms with Crippen molar-refractivity contribution in [2.75, 3.05) is 68.0 Å². The van der Waals surface area contributed by atoms with E-state index in [2.05, 4.69) is 115 Å². The summed E-state index contributed by atoms with van der Waals surface area (Å²) >= 11 is 0. The zero-order valence-corrected chi connectivity index (χ0v) is 38.9. The molecule has 0 spiro atoms. The van der Waals surface area contributed by atoms with Crippen molar-refractivity contribution in [2.24, 2.45) is 0 Å². The van der Waals surface area contributed by atoms with Gasteiger partial charge in [-0.15, -0.1) is 0 Å². The molecule has 0 aliphatic carbocycles. The molecule has 336 valence electrons. The zero-order chi connectivity index (χ0) is 46.3. The number of ether oxygens (including phenoxy) is 1. The molecular weight excluding hydrogens is 789 g/mol. The topological polar surface area (TPSA) is 146 Å². The van der Waals surface area contributed by atoms with Gasteiger partial charge in [0, 0.05) is 59.6 Å². The SMILES string of the molecule is CC[NH+](CC)CC.COC(=O)c1ccc[nH+]c1.C[NH+](C)C.C[NH+]1CCCCC1.O=C(O)c1cccnc1.c1cc[nH+]cc1.c1ccc2[nH+]cccc2c1.c1ccc2c[nH+]ccc2c1. The maximum absolute atomic E-state index is 10.8. The molecule has 7 aromatic rings. The zero-order valence-electron chi connectivity index (χ0n) is 38.9. The number of hydrogen-bond donors (Lipinski definition) is 4. The summed E-state index contributed by atoms with van der Waals surface area (Å²) in [4.78, 5) is 41.2. The van der Waals surface area contributed by atoms with Crippen molar-refractivity contribution in [3.05, 3.63) is 176 Å². The molecule has 8 rings (SSSR count). The van der Waals surface area contributed by atoms with Gasteiger partial charge in [-0.1, -0.05) is 36.4 Å². The molecule has 0 amide bonds. The second-order valence-corrected chi connectivity index (χ2v) is 14.8. The van der Waals surface area contributed by atoms with E-state index in [-0.39, 0.29) is 11.5 Å². The highest BCUT2D eigenvalue weighted by atomic mass is 16.5. The quantitative estimate of drug-likeness (QED) is 0.197. The van der Waals surface area contributed by atoms with Crippen LogP contribution < -0.4 is 34.6 Å². The first-order valence-corrected chi connectivity index (χ1v) is 21.8. The number of carboxylic acid groups (broad SMARTS) is 1. The number of pyridine rings is 5. The number of esters is 1. The number of aromatic carboxylic acids is 1. The second kappa shape index (κ2) is 36.2. The fraction of sp³-hybridized carbons (Fsp3) is 0.314. The van der Waals surface area contributed by atoms with Crippen molar-refractivity contribution < 1.29 is 54.1 Å². The van der Waals surface area contributed by atoms with Gasteiger partial charge in [-0.3, -0.25) is 4.98 Å². The molecule has 12 heteroatoms. The molecule has 1 saturated heterocycles. The monoisotopic (exact) mass is 864 g/mol. The Hall–Kier alpha value is -6.47. The van der Waals surface area contributed by atoms with Gasteiger partial charge in [0.05, 0.1) is 73.6 Å². The third kappa shape index (κ3) is 27.9. The summed E-state index contributed by atoms with van der Waals surface area (Å²) in [6.07, 6.45) is 20.1. The Bertz CT molecular complexity index is 1900. The van der Waals surface area contributed by atoms with Crippen LogP contribution in [0.4, 0.5) is 0 Å². The number of nitrogens with one attached hydrogen (secondary N) is 7. The lowest BCUT2D eigenvalue weighted by Crippen LogP contribution is -3.11. The summed E-state index contributed by atoms with van der Waals surface area (Å²) in [7, 11) is 9.88. The maximum Gasteiger partial charge on any atom is 0.343 e. The Balaban J connectivity index is 0.000000365.